The number of ether oxygens (including phenoxy) is 1. The molecule has 6 heterocycles. The Bertz CT molecular complexity index is 2770. The number of carbonyl (C=O) groups excluding carboxylic acids is 1. The van der Waals surface area contributed by atoms with Gasteiger partial charge < -0.3 is 40.1 Å². The molecule has 2 atom stereocenters. The van der Waals surface area contributed by atoms with Gasteiger partial charge in [0.15, 0.2) is 0 Å². The zero-order chi connectivity index (χ0) is 50.4. The summed E-state index contributed by atoms with van der Waals surface area (Å²) in [5, 5.41) is 36.0. The minimum absolute atomic E-state index is 0.0462. The van der Waals surface area contributed by atoms with Crippen LogP contribution in [0.5, 0.6) is 11.5 Å². The van der Waals surface area contributed by atoms with E-state index in [4.69, 9.17) is 4.74 Å². The van der Waals surface area contributed by atoms with Crippen LogP contribution >= 0.6 is 0 Å². The lowest BCUT2D eigenvalue weighted by molar-refractivity contribution is 0.0510. The number of carbonyl (C=O) groups is 1. The Balaban J connectivity index is 0.793. The maximum absolute atomic E-state index is 14.5. The predicted molar refractivity (Wildman–Crippen MR) is 291 cm³/mol. The van der Waals surface area contributed by atoms with Crippen molar-refractivity contribution in [3.8, 4) is 34.0 Å². The molecule has 4 saturated heterocycles. The fraction of sp³-hybridized carbons (Fsp3) is 0.450. The Labute approximate surface area is 432 Å². The molecule has 4 aliphatic rings. The van der Waals surface area contributed by atoms with Gasteiger partial charge in [0.2, 0.25) is 0 Å². The van der Waals surface area contributed by atoms with E-state index < -0.39 is 0 Å². The first-order valence-electron chi connectivity index (χ1n) is 26.7. The van der Waals surface area contributed by atoms with Gasteiger partial charge in [0, 0.05) is 85.9 Å². The molecule has 13 heteroatoms. The lowest BCUT2D eigenvalue weighted by Crippen LogP contribution is -2.58. The second kappa shape index (κ2) is 22.0. The van der Waals surface area contributed by atoms with Crippen molar-refractivity contribution in [2.24, 2.45) is 5.41 Å². The molecule has 3 N–H and O–H groups in total. The summed E-state index contributed by atoms with van der Waals surface area (Å²) >= 11 is 0. The van der Waals surface area contributed by atoms with Gasteiger partial charge in [0.1, 0.15) is 11.5 Å². The number of likely N-dealkylation sites (tertiary alicyclic amines) is 1. The first-order valence-corrected chi connectivity index (χ1v) is 26.7. The normalized spacial score (nSPS) is 20.5. The van der Waals surface area contributed by atoms with Gasteiger partial charge in [-0.1, -0.05) is 106 Å². The average Bonchev–Trinajstić information content (AvgIpc) is 3.43. The summed E-state index contributed by atoms with van der Waals surface area (Å²) in [5.41, 5.74) is 7.41. The van der Waals surface area contributed by atoms with Crippen molar-refractivity contribution in [2.45, 2.75) is 101 Å². The zero-order valence-electron chi connectivity index (χ0n) is 43.3. The van der Waals surface area contributed by atoms with Crippen LogP contribution in [0.15, 0.2) is 134 Å². The molecule has 0 spiro atoms. The van der Waals surface area contributed by atoms with Gasteiger partial charge in [-0.2, -0.15) is 20.4 Å². The van der Waals surface area contributed by atoms with Crippen LogP contribution < -0.4 is 25.2 Å². The number of hydrogen-bond donors (Lipinski definition) is 3. The number of aromatic hydroxyl groups is 1. The summed E-state index contributed by atoms with van der Waals surface area (Å²) in [6, 6.07) is 42.1. The number of nitrogens with one attached hydrogen (secondary N) is 2. The third-order valence-corrected chi connectivity index (χ3v) is 16.8. The van der Waals surface area contributed by atoms with E-state index in [0.29, 0.717) is 35.3 Å². The monoisotopic (exact) mass is 983 g/mol. The van der Waals surface area contributed by atoms with Gasteiger partial charge in [-0.05, 0) is 124 Å². The Morgan fingerprint density at radius 1 is 0.712 bits per heavy atom. The van der Waals surface area contributed by atoms with Crippen molar-refractivity contribution in [3.05, 3.63) is 145 Å². The third kappa shape index (κ3) is 11.2. The summed E-state index contributed by atoms with van der Waals surface area (Å²) in [6.45, 7) is 14.9. The second-order valence-corrected chi connectivity index (χ2v) is 22.3. The highest BCUT2D eigenvalue weighted by Crippen LogP contribution is 2.42. The Morgan fingerprint density at radius 2 is 1.25 bits per heavy atom. The van der Waals surface area contributed by atoms with Crippen molar-refractivity contribution < 1.29 is 14.6 Å². The van der Waals surface area contributed by atoms with Gasteiger partial charge in [-0.25, -0.2) is 4.79 Å². The maximum Gasteiger partial charge on any atom is 0.415 e. The van der Waals surface area contributed by atoms with Crippen LogP contribution in [0.2, 0.25) is 0 Å². The molecule has 0 bridgehead atoms. The van der Waals surface area contributed by atoms with Crippen molar-refractivity contribution in [2.75, 3.05) is 75.8 Å². The third-order valence-electron chi connectivity index (χ3n) is 16.8. The first-order chi connectivity index (χ1) is 35.5. The lowest BCUT2D eigenvalue weighted by Gasteiger charge is -2.47. The van der Waals surface area contributed by atoms with Crippen LogP contribution in [0.1, 0.15) is 83.3 Å². The van der Waals surface area contributed by atoms with E-state index in [1.54, 1.807) is 6.07 Å². The molecule has 382 valence electrons. The smallest absolute Gasteiger partial charge is 0.415 e. The highest BCUT2D eigenvalue weighted by molar-refractivity contribution is 5.77. The largest absolute Gasteiger partial charge is 0.507 e. The number of piperidine rings is 4. The van der Waals surface area contributed by atoms with E-state index in [-0.39, 0.29) is 40.2 Å². The summed E-state index contributed by atoms with van der Waals surface area (Å²) in [7, 11) is 2.33. The molecule has 6 aromatic rings. The number of phenols is 1. The minimum Gasteiger partial charge on any atom is -0.507 e. The van der Waals surface area contributed by atoms with Gasteiger partial charge in [0.05, 0.1) is 35.2 Å². The van der Waals surface area contributed by atoms with Crippen LogP contribution in [-0.2, 0) is 10.8 Å². The van der Waals surface area contributed by atoms with Crippen LogP contribution in [0.4, 0.5) is 16.2 Å². The molecule has 2 unspecified atom stereocenters. The quantitative estimate of drug-likeness (QED) is 0.102. The molecule has 4 aromatic carbocycles. The molecule has 4 aliphatic heterocycles. The topological polar surface area (TPSA) is 135 Å². The number of phenolic OH excluding ortho intramolecular Hbond substituents is 1. The van der Waals surface area contributed by atoms with E-state index in [1.165, 1.54) is 24.0 Å². The predicted octanol–water partition coefficient (Wildman–Crippen LogP) is 9.73. The van der Waals surface area contributed by atoms with Gasteiger partial charge >= 0.3 is 6.09 Å². The number of rotatable bonds is 13. The SMILES string of the molecule is CN(CC1(c2ccccc2)CCN(c2cnnc(-c3ccccc3OC(=O)N3CCC(NCC4(c5ccccc5)CCN(c5cnnc(-c6ccccc6O)c5)CC4)CC3C(C)(C)C)c2)CC1)C1CCNCC1. The number of nitrogens with zero attached hydrogens (tertiary/aromatic N) is 8. The lowest BCUT2D eigenvalue weighted by atomic mass is 9.72. The molecular weight excluding hydrogens is 909 g/mol. The highest BCUT2D eigenvalue weighted by Gasteiger charge is 2.43. The first kappa shape index (κ1) is 50.1. The number of aromatic nitrogens is 4. The van der Waals surface area contributed by atoms with Crippen LogP contribution in [-0.4, -0.2) is 125 Å². The van der Waals surface area contributed by atoms with E-state index in [9.17, 15) is 9.90 Å². The van der Waals surface area contributed by atoms with Gasteiger partial charge in [0.25, 0.3) is 0 Å². The van der Waals surface area contributed by atoms with Crippen molar-refractivity contribution >= 4 is 17.5 Å². The van der Waals surface area contributed by atoms with E-state index in [0.717, 1.165) is 108 Å². The standard InChI is InChI=1S/C60H74N10O3/c1-58(2,3)56-37-46(62-42-59(44-15-7-5-8-16-44)26-33-68(34-27-59)48-38-52(65-63-40-48)50-19-11-13-21-54(50)71)25-32-70(56)57(72)73-55-22-14-12-20-51(55)53-39-49(41-64-66-53)69-35-28-60(29-36-69,45-17-9-6-10-18-45)43-67(4)47-23-30-61-31-24-47/h5-22,38-41,46-47,56,61-62,71H,23-37,42-43H2,1-4H3. The molecular formula is C60H74N10O3. The minimum atomic E-state index is -0.331. The molecule has 4 fully saturated rings. The molecule has 73 heavy (non-hydrogen) atoms. The van der Waals surface area contributed by atoms with E-state index >= 15 is 0 Å². The molecule has 2 aromatic heterocycles. The summed E-state index contributed by atoms with van der Waals surface area (Å²) in [6.07, 6.45) is 11.4. The number of amides is 1. The van der Waals surface area contributed by atoms with E-state index in [2.05, 4.69) is 140 Å². The molecule has 1 amide bonds. The molecule has 13 nitrogen and oxygen atoms in total. The van der Waals surface area contributed by atoms with Crippen molar-refractivity contribution in [1.29, 1.82) is 0 Å². The number of anilines is 2. The highest BCUT2D eigenvalue weighted by atomic mass is 16.6. The number of benzene rings is 4. The van der Waals surface area contributed by atoms with Crippen LogP contribution in [0, 0.1) is 5.41 Å². The molecule has 0 radical (unpaired) electrons. The van der Waals surface area contributed by atoms with E-state index in [1.807, 2.05) is 65.8 Å². The average molecular weight is 983 g/mol. The molecule has 10 rings (SSSR count). The summed E-state index contributed by atoms with van der Waals surface area (Å²) < 4.78 is 6.41. The number of para-hydroxylation sites is 2. The van der Waals surface area contributed by atoms with Crippen LogP contribution in [0.25, 0.3) is 22.5 Å². The van der Waals surface area contributed by atoms with Crippen molar-refractivity contribution in [1.82, 2.24) is 40.8 Å². The fourth-order valence-electron chi connectivity index (χ4n) is 12.4. The Morgan fingerprint density at radius 3 is 1.85 bits per heavy atom. The summed E-state index contributed by atoms with van der Waals surface area (Å²) in [4.78, 5) is 23.9. The maximum atomic E-state index is 14.5. The fourth-order valence-corrected chi connectivity index (χ4v) is 12.4. The summed E-state index contributed by atoms with van der Waals surface area (Å²) in [5.74, 6) is 0.684. The Kier molecular flexibility index (Phi) is 15.1. The zero-order valence-corrected chi connectivity index (χ0v) is 43.3. The second-order valence-electron chi connectivity index (χ2n) is 22.3. The van der Waals surface area contributed by atoms with Crippen molar-refractivity contribution in [3.63, 3.8) is 0 Å². The van der Waals surface area contributed by atoms with Gasteiger partial charge in [-0.3, -0.25) is 0 Å². The Hall–Kier alpha value is -6.41. The number of likely N-dealkylation sites (N-methyl/N-ethyl adjacent to an activating group) is 1. The number of hydrogen-bond acceptors (Lipinski definition) is 12. The molecule has 0 aliphatic carbocycles. The van der Waals surface area contributed by atoms with Gasteiger partial charge in [-0.15, -0.1) is 0 Å². The molecule has 0 saturated carbocycles. The van der Waals surface area contributed by atoms with Crippen LogP contribution in [0.3, 0.4) is 0 Å².